The SMILES string of the molecule is CNC(CN1CCC(C)(C)C1)c1cccc(F)c1F. The maximum Gasteiger partial charge on any atom is 0.163 e. The highest BCUT2D eigenvalue weighted by Gasteiger charge is 2.31. The van der Waals surface area contributed by atoms with E-state index in [0.29, 0.717) is 17.5 Å². The lowest BCUT2D eigenvalue weighted by atomic mass is 9.93. The zero-order chi connectivity index (χ0) is 14.0. The van der Waals surface area contributed by atoms with Gasteiger partial charge < -0.3 is 10.2 Å². The fourth-order valence-electron chi connectivity index (χ4n) is 2.77. The van der Waals surface area contributed by atoms with Gasteiger partial charge in [-0.3, -0.25) is 0 Å². The average Bonchev–Trinajstić information content (AvgIpc) is 2.70. The molecule has 0 amide bonds. The summed E-state index contributed by atoms with van der Waals surface area (Å²) < 4.78 is 27.1. The zero-order valence-corrected chi connectivity index (χ0v) is 11.8. The summed E-state index contributed by atoms with van der Waals surface area (Å²) in [5, 5.41) is 3.09. The largest absolute Gasteiger partial charge is 0.312 e. The van der Waals surface area contributed by atoms with E-state index in [1.165, 1.54) is 0 Å². The van der Waals surface area contributed by atoms with Crippen molar-refractivity contribution < 1.29 is 8.78 Å². The first kappa shape index (κ1) is 14.4. The Morgan fingerprint density at radius 1 is 1.37 bits per heavy atom. The van der Waals surface area contributed by atoms with Crippen LogP contribution in [0.5, 0.6) is 0 Å². The van der Waals surface area contributed by atoms with Crippen LogP contribution in [-0.2, 0) is 0 Å². The van der Waals surface area contributed by atoms with E-state index in [9.17, 15) is 8.78 Å². The van der Waals surface area contributed by atoms with E-state index in [2.05, 4.69) is 24.1 Å². The fraction of sp³-hybridized carbons (Fsp3) is 0.600. The molecule has 0 bridgehead atoms. The van der Waals surface area contributed by atoms with Crippen LogP contribution in [0, 0.1) is 17.0 Å². The van der Waals surface area contributed by atoms with Crippen LogP contribution in [0.1, 0.15) is 31.9 Å². The summed E-state index contributed by atoms with van der Waals surface area (Å²) in [5.41, 5.74) is 0.728. The number of likely N-dealkylation sites (tertiary alicyclic amines) is 1. The van der Waals surface area contributed by atoms with Crippen molar-refractivity contribution in [1.29, 1.82) is 0 Å². The molecule has 19 heavy (non-hydrogen) atoms. The van der Waals surface area contributed by atoms with Crippen molar-refractivity contribution in [2.75, 3.05) is 26.7 Å². The maximum atomic E-state index is 13.8. The first-order valence-corrected chi connectivity index (χ1v) is 6.76. The Bertz CT molecular complexity index is 446. The van der Waals surface area contributed by atoms with Gasteiger partial charge in [-0.25, -0.2) is 8.78 Å². The third-order valence-electron chi connectivity index (χ3n) is 3.90. The number of likely N-dealkylation sites (N-methyl/N-ethyl adjacent to an activating group) is 1. The highest BCUT2D eigenvalue weighted by molar-refractivity contribution is 5.23. The van der Waals surface area contributed by atoms with Crippen molar-refractivity contribution in [3.05, 3.63) is 35.4 Å². The number of halogens is 2. The lowest BCUT2D eigenvalue weighted by Gasteiger charge is -2.25. The molecule has 0 aromatic heterocycles. The topological polar surface area (TPSA) is 15.3 Å². The molecule has 106 valence electrons. The van der Waals surface area contributed by atoms with Crippen molar-refractivity contribution in [3.8, 4) is 0 Å². The molecule has 1 heterocycles. The van der Waals surface area contributed by atoms with Crippen LogP contribution in [0.25, 0.3) is 0 Å². The number of nitrogens with zero attached hydrogens (tertiary/aromatic N) is 1. The lowest BCUT2D eigenvalue weighted by molar-refractivity contribution is 0.262. The third kappa shape index (κ3) is 3.31. The first-order chi connectivity index (χ1) is 8.93. The van der Waals surface area contributed by atoms with Gasteiger partial charge in [-0.15, -0.1) is 0 Å². The molecule has 1 N–H and O–H groups in total. The van der Waals surface area contributed by atoms with Crippen LogP contribution in [0.2, 0.25) is 0 Å². The Labute approximate surface area is 113 Å². The van der Waals surface area contributed by atoms with E-state index in [1.807, 2.05) is 0 Å². The molecule has 1 saturated heterocycles. The fourth-order valence-corrected chi connectivity index (χ4v) is 2.77. The van der Waals surface area contributed by atoms with E-state index in [0.717, 1.165) is 25.6 Å². The summed E-state index contributed by atoms with van der Waals surface area (Å²) in [7, 11) is 1.79. The Morgan fingerprint density at radius 3 is 2.68 bits per heavy atom. The standard InChI is InChI=1S/C15H22F2N2/c1-15(2)7-8-19(10-15)9-13(18-3)11-5-4-6-12(16)14(11)17/h4-6,13,18H,7-10H2,1-3H3. The number of nitrogens with one attached hydrogen (secondary N) is 1. The molecule has 0 saturated carbocycles. The summed E-state index contributed by atoms with van der Waals surface area (Å²) in [6.45, 7) is 7.21. The van der Waals surface area contributed by atoms with Gasteiger partial charge in [0, 0.05) is 24.7 Å². The van der Waals surface area contributed by atoms with Gasteiger partial charge in [0.25, 0.3) is 0 Å². The minimum Gasteiger partial charge on any atom is -0.312 e. The Morgan fingerprint density at radius 2 is 2.11 bits per heavy atom. The summed E-state index contributed by atoms with van der Waals surface area (Å²) >= 11 is 0. The molecule has 1 atom stereocenters. The predicted molar refractivity (Wildman–Crippen MR) is 73.0 cm³/mol. The van der Waals surface area contributed by atoms with Crippen LogP contribution in [0.3, 0.4) is 0 Å². The summed E-state index contributed by atoms with van der Waals surface area (Å²) in [6, 6.07) is 4.20. The monoisotopic (exact) mass is 268 g/mol. The zero-order valence-electron chi connectivity index (χ0n) is 11.8. The van der Waals surface area contributed by atoms with Crippen molar-refractivity contribution >= 4 is 0 Å². The van der Waals surface area contributed by atoms with Gasteiger partial charge in [-0.2, -0.15) is 0 Å². The number of hydrogen-bond donors (Lipinski definition) is 1. The van der Waals surface area contributed by atoms with Crippen LogP contribution < -0.4 is 5.32 Å². The van der Waals surface area contributed by atoms with E-state index < -0.39 is 11.6 Å². The summed E-state index contributed by atoms with van der Waals surface area (Å²) in [5.74, 6) is -1.51. The number of benzene rings is 1. The Hall–Kier alpha value is -1.00. The molecule has 1 aliphatic rings. The minimum absolute atomic E-state index is 0.176. The summed E-state index contributed by atoms with van der Waals surface area (Å²) in [4.78, 5) is 2.31. The Kier molecular flexibility index (Phi) is 4.21. The van der Waals surface area contributed by atoms with Gasteiger partial charge in [-0.1, -0.05) is 26.0 Å². The molecule has 1 fully saturated rings. The molecule has 1 aromatic carbocycles. The predicted octanol–water partition coefficient (Wildman–Crippen LogP) is 2.96. The lowest BCUT2D eigenvalue weighted by Crippen LogP contribution is -2.34. The van der Waals surface area contributed by atoms with E-state index >= 15 is 0 Å². The van der Waals surface area contributed by atoms with Gasteiger partial charge in [0.2, 0.25) is 0 Å². The van der Waals surface area contributed by atoms with Gasteiger partial charge in [0.05, 0.1) is 0 Å². The maximum absolute atomic E-state index is 13.8. The molecule has 0 radical (unpaired) electrons. The van der Waals surface area contributed by atoms with Crippen molar-refractivity contribution in [2.24, 2.45) is 5.41 Å². The van der Waals surface area contributed by atoms with E-state index in [-0.39, 0.29) is 6.04 Å². The number of rotatable bonds is 4. The second-order valence-corrected chi connectivity index (χ2v) is 6.13. The third-order valence-corrected chi connectivity index (χ3v) is 3.90. The normalized spacial score (nSPS) is 20.7. The molecule has 1 aliphatic heterocycles. The molecule has 2 rings (SSSR count). The first-order valence-electron chi connectivity index (χ1n) is 6.76. The summed E-state index contributed by atoms with van der Waals surface area (Å²) in [6.07, 6.45) is 1.15. The smallest absolute Gasteiger partial charge is 0.163 e. The Balaban J connectivity index is 2.11. The molecule has 1 aromatic rings. The highest BCUT2D eigenvalue weighted by Crippen LogP contribution is 2.30. The van der Waals surface area contributed by atoms with E-state index in [4.69, 9.17) is 0 Å². The highest BCUT2D eigenvalue weighted by atomic mass is 19.2. The van der Waals surface area contributed by atoms with Crippen LogP contribution in [0.15, 0.2) is 18.2 Å². The van der Waals surface area contributed by atoms with Crippen LogP contribution in [0.4, 0.5) is 8.78 Å². The van der Waals surface area contributed by atoms with Gasteiger partial charge >= 0.3 is 0 Å². The molecule has 2 nitrogen and oxygen atoms in total. The van der Waals surface area contributed by atoms with Crippen LogP contribution >= 0.6 is 0 Å². The second kappa shape index (κ2) is 5.55. The molecule has 4 heteroatoms. The van der Waals surface area contributed by atoms with Crippen LogP contribution in [-0.4, -0.2) is 31.6 Å². The van der Waals surface area contributed by atoms with Crippen molar-refractivity contribution in [2.45, 2.75) is 26.3 Å². The quantitative estimate of drug-likeness (QED) is 0.903. The molecule has 0 aliphatic carbocycles. The molecular formula is C15H22F2N2. The van der Waals surface area contributed by atoms with E-state index in [1.54, 1.807) is 19.2 Å². The number of hydrogen-bond acceptors (Lipinski definition) is 2. The van der Waals surface area contributed by atoms with Gasteiger partial charge in [0.1, 0.15) is 0 Å². The minimum atomic E-state index is -0.778. The second-order valence-electron chi connectivity index (χ2n) is 6.13. The van der Waals surface area contributed by atoms with Gasteiger partial charge in [-0.05, 0) is 31.5 Å². The molecule has 1 unspecified atom stereocenters. The van der Waals surface area contributed by atoms with Gasteiger partial charge in [0.15, 0.2) is 11.6 Å². The molecule has 0 spiro atoms. The van der Waals surface area contributed by atoms with Crippen molar-refractivity contribution in [3.63, 3.8) is 0 Å². The molecular weight excluding hydrogens is 246 g/mol. The average molecular weight is 268 g/mol. The van der Waals surface area contributed by atoms with Crippen molar-refractivity contribution in [1.82, 2.24) is 10.2 Å².